The van der Waals surface area contributed by atoms with Gasteiger partial charge in [0.25, 0.3) is 0 Å². The Bertz CT molecular complexity index is 1140. The molecular weight excluding hydrogens is 540 g/mol. The molecule has 0 aromatic heterocycles. The monoisotopic (exact) mass is 598 g/mol. The Morgan fingerprint density at radius 1 is 0.767 bits per heavy atom. The first-order valence-corrected chi connectivity index (χ1v) is 17.1. The molecule has 6 heteroatoms. The highest BCUT2D eigenvalue weighted by atomic mass is 16.5. The van der Waals surface area contributed by atoms with Crippen LogP contribution in [-0.4, -0.2) is 37.7 Å². The highest BCUT2D eigenvalue weighted by Gasteiger charge is 2.71. The Morgan fingerprint density at radius 2 is 1.47 bits per heavy atom. The molecule has 0 aromatic carbocycles. The Morgan fingerprint density at radius 3 is 2.12 bits per heavy atom. The van der Waals surface area contributed by atoms with Gasteiger partial charge in [-0.2, -0.15) is 0 Å². The maximum atomic E-state index is 12.7. The summed E-state index contributed by atoms with van der Waals surface area (Å²) in [7, 11) is 1.35. The van der Waals surface area contributed by atoms with Crippen molar-refractivity contribution in [2.75, 3.05) is 13.7 Å². The molecule has 10 atom stereocenters. The minimum absolute atomic E-state index is 0.0686. The quantitative estimate of drug-likeness (QED) is 0.168. The van der Waals surface area contributed by atoms with Crippen LogP contribution in [0.4, 0.5) is 0 Å². The number of fused-ring (bicyclic) bond motifs is 7. The average Bonchev–Trinajstić information content (AvgIpc) is 3.33. The second-order valence-electron chi connectivity index (χ2n) is 16.7. The van der Waals surface area contributed by atoms with Gasteiger partial charge in [-0.3, -0.25) is 14.4 Å². The molecule has 6 nitrogen and oxygen atoms in total. The number of allylic oxidation sites excluding steroid dienone is 1. The normalized spacial score (nSPS) is 44.6. The fraction of sp³-hybridized carbons (Fsp3) is 0.865. The molecule has 0 aliphatic heterocycles. The van der Waals surface area contributed by atoms with E-state index in [-0.39, 0.29) is 63.9 Å². The molecule has 0 N–H and O–H groups in total. The number of methoxy groups -OCH3 is 1. The third kappa shape index (κ3) is 5.00. The number of rotatable bonds is 7. The second kappa shape index (κ2) is 11.2. The van der Waals surface area contributed by atoms with Gasteiger partial charge >= 0.3 is 17.9 Å². The van der Waals surface area contributed by atoms with E-state index in [0.717, 1.165) is 32.1 Å². The van der Waals surface area contributed by atoms with Crippen molar-refractivity contribution in [2.24, 2.45) is 56.7 Å². The summed E-state index contributed by atoms with van der Waals surface area (Å²) in [5.41, 5.74) is 1.92. The molecule has 0 saturated heterocycles. The molecule has 0 amide bonds. The molecule has 5 aliphatic rings. The molecule has 0 radical (unpaired) electrons. The number of esters is 3. The summed E-state index contributed by atoms with van der Waals surface area (Å²) in [6.45, 7) is 21.3. The van der Waals surface area contributed by atoms with Crippen molar-refractivity contribution in [3.05, 3.63) is 12.2 Å². The summed E-state index contributed by atoms with van der Waals surface area (Å²) < 4.78 is 16.6. The van der Waals surface area contributed by atoms with E-state index in [1.165, 1.54) is 44.8 Å². The molecule has 43 heavy (non-hydrogen) atoms. The molecule has 0 unspecified atom stereocenters. The van der Waals surface area contributed by atoms with Crippen LogP contribution in [0, 0.1) is 56.7 Å². The lowest BCUT2D eigenvalue weighted by Crippen LogP contribution is -2.67. The number of ether oxygens (including phenoxy) is 3. The molecule has 5 fully saturated rings. The molecule has 0 aromatic rings. The van der Waals surface area contributed by atoms with Gasteiger partial charge in [0.05, 0.1) is 26.6 Å². The zero-order chi connectivity index (χ0) is 31.6. The zero-order valence-corrected chi connectivity index (χ0v) is 28.3. The Labute approximate surface area is 260 Å². The molecule has 5 rings (SSSR count). The van der Waals surface area contributed by atoms with Crippen LogP contribution in [0.5, 0.6) is 0 Å². The van der Waals surface area contributed by atoms with E-state index in [1.54, 1.807) is 6.92 Å². The summed E-state index contributed by atoms with van der Waals surface area (Å²) in [6, 6.07) is 0. The van der Waals surface area contributed by atoms with Crippen LogP contribution in [0.25, 0.3) is 0 Å². The maximum Gasteiger partial charge on any atom is 0.306 e. The van der Waals surface area contributed by atoms with Gasteiger partial charge in [0, 0.05) is 17.8 Å². The molecule has 0 heterocycles. The third-order valence-electron chi connectivity index (χ3n) is 14.8. The van der Waals surface area contributed by atoms with Gasteiger partial charge in [-0.1, -0.05) is 46.8 Å². The van der Waals surface area contributed by atoms with Crippen LogP contribution in [0.3, 0.4) is 0 Å². The second-order valence-corrected chi connectivity index (χ2v) is 16.7. The minimum atomic E-state index is -0.374. The maximum absolute atomic E-state index is 12.7. The van der Waals surface area contributed by atoms with E-state index in [4.69, 9.17) is 14.2 Å². The number of hydrogen-bond acceptors (Lipinski definition) is 6. The highest BCUT2D eigenvalue weighted by molar-refractivity contribution is 5.77. The first-order chi connectivity index (χ1) is 20.1. The van der Waals surface area contributed by atoms with Crippen molar-refractivity contribution in [3.63, 3.8) is 0 Å². The topological polar surface area (TPSA) is 78.9 Å². The van der Waals surface area contributed by atoms with Crippen molar-refractivity contribution in [1.82, 2.24) is 0 Å². The van der Waals surface area contributed by atoms with E-state index in [2.05, 4.69) is 48.1 Å². The zero-order valence-electron chi connectivity index (χ0n) is 28.3. The van der Waals surface area contributed by atoms with E-state index in [1.807, 2.05) is 0 Å². The summed E-state index contributed by atoms with van der Waals surface area (Å²) in [5.74, 6) is 1.94. The van der Waals surface area contributed by atoms with Crippen LogP contribution in [-0.2, 0) is 28.6 Å². The van der Waals surface area contributed by atoms with Gasteiger partial charge in [0.15, 0.2) is 0 Å². The molecule has 0 bridgehead atoms. The fourth-order valence-corrected chi connectivity index (χ4v) is 12.5. The standard InChI is InChI=1S/C37H58O6/c1-23(2)25-14-19-37(22-42-24(3)38)21-20-35(7)26(32(25)37)10-11-28-34(6)17-16-29(43-31(40)13-12-30(39)41-9)33(4,5)27(34)15-18-36(28,35)8/h25-29,32H,1,10-22H2,2-9H3/t25-,26-,27-,28+,29-,32+,34-,35+,36+,37+/m0/s1. The number of carbonyl (C=O) groups excluding carboxylic acids is 3. The van der Waals surface area contributed by atoms with Crippen molar-refractivity contribution in [3.8, 4) is 0 Å². The SMILES string of the molecule is C=C(C)[C@@H]1CC[C@]2(COC(C)=O)CC[C@]3(C)[C@@H](CC[C@@H]4[C@@]5(C)CC[C@H](OC(=O)CCC(=O)OC)C(C)(C)[C@@H]5CC[C@]43C)[C@@H]12. The third-order valence-corrected chi connectivity index (χ3v) is 14.8. The lowest BCUT2D eigenvalue weighted by molar-refractivity contribution is -0.252. The van der Waals surface area contributed by atoms with Gasteiger partial charge in [0.1, 0.15) is 6.10 Å². The van der Waals surface area contributed by atoms with Crippen LogP contribution in [0.15, 0.2) is 12.2 Å². The summed E-state index contributed by atoms with van der Waals surface area (Å²) in [5, 5.41) is 0. The van der Waals surface area contributed by atoms with Crippen LogP contribution in [0.1, 0.15) is 126 Å². The van der Waals surface area contributed by atoms with Gasteiger partial charge in [-0.25, -0.2) is 0 Å². The largest absolute Gasteiger partial charge is 0.469 e. The molecule has 5 aliphatic carbocycles. The lowest BCUT2D eigenvalue weighted by atomic mass is 9.32. The predicted octanol–water partition coefficient (Wildman–Crippen LogP) is 8.07. The van der Waals surface area contributed by atoms with E-state index in [9.17, 15) is 14.4 Å². The summed E-state index contributed by atoms with van der Waals surface area (Å²) in [4.78, 5) is 36.3. The van der Waals surface area contributed by atoms with E-state index < -0.39 is 0 Å². The number of hydrogen-bond donors (Lipinski definition) is 0. The Hall–Kier alpha value is -1.85. The summed E-state index contributed by atoms with van der Waals surface area (Å²) in [6.07, 6.45) is 11.5. The Kier molecular flexibility index (Phi) is 8.47. The van der Waals surface area contributed by atoms with Crippen LogP contribution < -0.4 is 0 Å². The average molecular weight is 599 g/mol. The van der Waals surface area contributed by atoms with Gasteiger partial charge in [-0.05, 0) is 117 Å². The predicted molar refractivity (Wildman–Crippen MR) is 167 cm³/mol. The Balaban J connectivity index is 1.40. The van der Waals surface area contributed by atoms with Crippen molar-refractivity contribution in [2.45, 2.75) is 132 Å². The summed E-state index contributed by atoms with van der Waals surface area (Å²) >= 11 is 0. The first kappa shape index (κ1) is 32.5. The van der Waals surface area contributed by atoms with Crippen molar-refractivity contribution < 1.29 is 28.6 Å². The highest BCUT2D eigenvalue weighted by Crippen LogP contribution is 2.77. The first-order valence-electron chi connectivity index (χ1n) is 17.1. The minimum Gasteiger partial charge on any atom is -0.469 e. The van der Waals surface area contributed by atoms with Gasteiger partial charge in [-0.15, -0.1) is 0 Å². The molecule has 5 saturated carbocycles. The lowest BCUT2D eigenvalue weighted by Gasteiger charge is -2.73. The fourth-order valence-electron chi connectivity index (χ4n) is 12.5. The molecule has 0 spiro atoms. The van der Waals surface area contributed by atoms with Crippen LogP contribution in [0.2, 0.25) is 0 Å². The van der Waals surface area contributed by atoms with E-state index >= 15 is 0 Å². The van der Waals surface area contributed by atoms with Crippen molar-refractivity contribution in [1.29, 1.82) is 0 Å². The smallest absolute Gasteiger partial charge is 0.306 e. The van der Waals surface area contributed by atoms with E-state index in [0.29, 0.717) is 36.2 Å². The molecule has 242 valence electrons. The van der Waals surface area contributed by atoms with Crippen LogP contribution >= 0.6 is 0 Å². The van der Waals surface area contributed by atoms with Crippen molar-refractivity contribution >= 4 is 17.9 Å². The van der Waals surface area contributed by atoms with Gasteiger partial charge in [0.2, 0.25) is 0 Å². The number of carbonyl (C=O) groups is 3. The van der Waals surface area contributed by atoms with Gasteiger partial charge < -0.3 is 14.2 Å². The molecular formula is C37H58O6.